The molecular weight excluding hydrogens is 350 g/mol. The Morgan fingerprint density at radius 3 is 1.96 bits per heavy atom. The zero-order valence-corrected chi connectivity index (χ0v) is 16.6. The summed E-state index contributed by atoms with van der Waals surface area (Å²) in [4.78, 5) is 28.5. The lowest BCUT2D eigenvalue weighted by atomic mass is 9.86. The molecular formula is C23H31N3O2. The number of ketones is 1. The van der Waals surface area contributed by atoms with E-state index in [-0.39, 0.29) is 30.1 Å². The average molecular weight is 382 g/mol. The van der Waals surface area contributed by atoms with Gasteiger partial charge in [-0.25, -0.2) is 5.43 Å². The zero-order chi connectivity index (χ0) is 19.6. The van der Waals surface area contributed by atoms with E-state index in [1.807, 2.05) is 24.3 Å². The van der Waals surface area contributed by atoms with Gasteiger partial charge in [0.05, 0.1) is 12.8 Å². The molecule has 5 nitrogen and oxygen atoms in total. The summed E-state index contributed by atoms with van der Waals surface area (Å²) in [5.74, 6) is 0.630. The molecule has 1 amide bonds. The quantitative estimate of drug-likeness (QED) is 0.565. The molecule has 1 N–H and O–H groups in total. The van der Waals surface area contributed by atoms with Crippen LogP contribution in [0.4, 0.5) is 0 Å². The molecule has 0 saturated heterocycles. The summed E-state index contributed by atoms with van der Waals surface area (Å²) in [6.45, 7) is 0.279. The van der Waals surface area contributed by atoms with Gasteiger partial charge in [0.15, 0.2) is 5.78 Å². The smallest absolute Gasteiger partial charge is 0.243 e. The maximum absolute atomic E-state index is 12.2. The molecule has 0 atom stereocenters. The Morgan fingerprint density at radius 2 is 1.36 bits per heavy atom. The van der Waals surface area contributed by atoms with Gasteiger partial charge in [-0.05, 0) is 36.8 Å². The van der Waals surface area contributed by atoms with Crippen LogP contribution in [-0.2, 0) is 9.59 Å². The van der Waals surface area contributed by atoms with E-state index in [2.05, 4.69) is 15.5 Å². The number of benzene rings is 1. The molecule has 0 bridgehead atoms. The number of hydrogen-bond acceptors (Lipinski definition) is 4. The van der Waals surface area contributed by atoms with Crippen molar-refractivity contribution in [3.8, 4) is 0 Å². The molecule has 150 valence electrons. The first-order chi connectivity index (χ1) is 13.7. The molecule has 3 rings (SSSR count). The molecule has 1 aromatic rings. The lowest BCUT2D eigenvalue weighted by Crippen LogP contribution is -2.28. The molecule has 0 radical (unpaired) electrons. The van der Waals surface area contributed by atoms with E-state index < -0.39 is 0 Å². The SMILES string of the molecule is O=C(CN=Cc1ccc(/C=N\NC(=O)C2CCCCC2)cc1)C1CCCCC1. The minimum Gasteiger partial charge on any atom is -0.297 e. The third-order valence-electron chi connectivity index (χ3n) is 5.85. The van der Waals surface area contributed by atoms with Crippen molar-refractivity contribution in [1.29, 1.82) is 0 Å². The van der Waals surface area contributed by atoms with Crippen LogP contribution in [-0.4, -0.2) is 30.7 Å². The van der Waals surface area contributed by atoms with E-state index in [4.69, 9.17) is 0 Å². The van der Waals surface area contributed by atoms with Gasteiger partial charge in [0.1, 0.15) is 0 Å². The number of rotatable bonds is 7. The molecule has 2 fully saturated rings. The van der Waals surface area contributed by atoms with Gasteiger partial charge in [-0.3, -0.25) is 14.6 Å². The highest BCUT2D eigenvalue weighted by molar-refractivity contribution is 5.88. The summed E-state index contributed by atoms with van der Waals surface area (Å²) in [5.41, 5.74) is 4.53. The van der Waals surface area contributed by atoms with Crippen molar-refractivity contribution in [2.75, 3.05) is 6.54 Å². The summed E-state index contributed by atoms with van der Waals surface area (Å²) in [6, 6.07) is 7.75. The van der Waals surface area contributed by atoms with Crippen molar-refractivity contribution in [3.05, 3.63) is 35.4 Å². The number of hydrazone groups is 1. The van der Waals surface area contributed by atoms with E-state index in [0.29, 0.717) is 0 Å². The summed E-state index contributed by atoms with van der Waals surface area (Å²) in [6.07, 6.45) is 14.5. The second-order valence-electron chi connectivity index (χ2n) is 8.01. The Labute approximate surface area is 167 Å². The first-order valence-corrected chi connectivity index (χ1v) is 10.7. The Hall–Kier alpha value is -2.30. The first kappa shape index (κ1) is 20.4. The number of hydrogen-bond donors (Lipinski definition) is 1. The molecule has 0 spiro atoms. The number of amides is 1. The normalized spacial score (nSPS) is 19.3. The van der Waals surface area contributed by atoms with E-state index in [9.17, 15) is 9.59 Å². The maximum atomic E-state index is 12.2. The van der Waals surface area contributed by atoms with Gasteiger partial charge >= 0.3 is 0 Å². The maximum Gasteiger partial charge on any atom is 0.243 e. The summed E-state index contributed by atoms with van der Waals surface area (Å²) >= 11 is 0. The molecule has 5 heteroatoms. The number of nitrogens with zero attached hydrogens (tertiary/aromatic N) is 2. The molecule has 28 heavy (non-hydrogen) atoms. The van der Waals surface area contributed by atoms with Crippen LogP contribution in [0.25, 0.3) is 0 Å². The van der Waals surface area contributed by atoms with Crippen LogP contribution in [0.2, 0.25) is 0 Å². The van der Waals surface area contributed by atoms with Crippen molar-refractivity contribution in [1.82, 2.24) is 5.43 Å². The molecule has 0 aromatic heterocycles. The van der Waals surface area contributed by atoms with E-state index in [1.165, 1.54) is 25.7 Å². The number of carbonyl (C=O) groups excluding carboxylic acids is 2. The predicted octanol–water partition coefficient (Wildman–Crippen LogP) is 4.29. The molecule has 2 saturated carbocycles. The van der Waals surface area contributed by atoms with Crippen molar-refractivity contribution in [2.45, 2.75) is 64.2 Å². The predicted molar refractivity (Wildman–Crippen MR) is 113 cm³/mol. The molecule has 0 unspecified atom stereocenters. The fourth-order valence-electron chi connectivity index (χ4n) is 4.09. The van der Waals surface area contributed by atoms with Crippen LogP contribution in [0.3, 0.4) is 0 Å². The highest BCUT2D eigenvalue weighted by atomic mass is 16.2. The van der Waals surface area contributed by atoms with Gasteiger partial charge in [-0.2, -0.15) is 5.10 Å². The second-order valence-corrected chi connectivity index (χ2v) is 8.01. The van der Waals surface area contributed by atoms with Crippen molar-refractivity contribution >= 4 is 24.1 Å². The molecule has 2 aliphatic rings. The van der Waals surface area contributed by atoms with E-state index in [1.54, 1.807) is 12.4 Å². The Bertz CT molecular complexity index is 636. The van der Waals surface area contributed by atoms with Gasteiger partial charge in [-0.15, -0.1) is 0 Å². The summed E-state index contributed by atoms with van der Waals surface area (Å²) in [7, 11) is 0. The van der Waals surface area contributed by atoms with Gasteiger partial charge in [-0.1, -0.05) is 62.8 Å². The van der Waals surface area contributed by atoms with Gasteiger partial charge in [0.2, 0.25) is 5.91 Å². The Kier molecular flexibility index (Phi) is 7.94. The van der Waals surface area contributed by atoms with Gasteiger partial charge < -0.3 is 0 Å². The third-order valence-corrected chi connectivity index (χ3v) is 5.85. The molecule has 2 aliphatic carbocycles. The lowest BCUT2D eigenvalue weighted by molar-refractivity contribution is -0.126. The monoisotopic (exact) mass is 381 g/mol. The standard InChI is InChI=1S/C23H31N3O2/c27-22(20-7-3-1-4-8-20)17-24-15-18-11-13-19(14-12-18)16-25-26-23(28)21-9-5-2-6-10-21/h11-16,20-21H,1-10,17H2,(H,26,28)/b24-15?,25-16-. The molecule has 0 heterocycles. The van der Waals surface area contributed by atoms with Crippen molar-refractivity contribution < 1.29 is 9.59 Å². The van der Waals surface area contributed by atoms with E-state index in [0.717, 1.165) is 49.7 Å². The Balaban J connectivity index is 1.42. The number of nitrogens with one attached hydrogen (secondary N) is 1. The topological polar surface area (TPSA) is 70.9 Å². The van der Waals surface area contributed by atoms with Crippen LogP contribution in [0.15, 0.2) is 34.4 Å². The van der Waals surface area contributed by atoms with Crippen LogP contribution in [0.1, 0.15) is 75.3 Å². The zero-order valence-electron chi connectivity index (χ0n) is 16.6. The minimum absolute atomic E-state index is 0.0299. The first-order valence-electron chi connectivity index (χ1n) is 10.7. The summed E-state index contributed by atoms with van der Waals surface area (Å²) in [5, 5.41) is 4.08. The second kappa shape index (κ2) is 10.9. The van der Waals surface area contributed by atoms with Crippen LogP contribution in [0.5, 0.6) is 0 Å². The third kappa shape index (κ3) is 6.39. The largest absolute Gasteiger partial charge is 0.297 e. The van der Waals surface area contributed by atoms with Crippen LogP contribution < -0.4 is 5.43 Å². The number of carbonyl (C=O) groups is 2. The van der Waals surface area contributed by atoms with Crippen LogP contribution in [0, 0.1) is 11.8 Å². The Morgan fingerprint density at radius 1 is 0.821 bits per heavy atom. The fourth-order valence-corrected chi connectivity index (χ4v) is 4.09. The highest BCUT2D eigenvalue weighted by Gasteiger charge is 2.21. The number of aliphatic imine (C=N–C) groups is 1. The fraction of sp³-hybridized carbons (Fsp3) is 0.565. The summed E-state index contributed by atoms with van der Waals surface area (Å²) < 4.78 is 0. The number of Topliss-reactive ketones (excluding diaryl/α,β-unsaturated/α-hetero) is 1. The highest BCUT2D eigenvalue weighted by Crippen LogP contribution is 2.24. The molecule has 1 aromatic carbocycles. The molecule has 0 aliphatic heterocycles. The van der Waals surface area contributed by atoms with Gasteiger partial charge in [0.25, 0.3) is 0 Å². The minimum atomic E-state index is 0.0299. The van der Waals surface area contributed by atoms with E-state index >= 15 is 0 Å². The lowest BCUT2D eigenvalue weighted by Gasteiger charge is -2.19. The van der Waals surface area contributed by atoms with Crippen molar-refractivity contribution in [2.24, 2.45) is 21.9 Å². The average Bonchev–Trinajstić information content (AvgIpc) is 2.76. The van der Waals surface area contributed by atoms with Gasteiger partial charge in [0, 0.05) is 18.1 Å². The van der Waals surface area contributed by atoms with Crippen molar-refractivity contribution in [3.63, 3.8) is 0 Å². The van der Waals surface area contributed by atoms with Crippen LogP contribution >= 0.6 is 0 Å².